The summed E-state index contributed by atoms with van der Waals surface area (Å²) in [7, 11) is 0. The van der Waals surface area contributed by atoms with Crippen LogP contribution in [0.15, 0.2) is 24.8 Å². The van der Waals surface area contributed by atoms with Crippen LogP contribution in [0.4, 0.5) is 13.2 Å². The Bertz CT molecular complexity index is 624. The van der Waals surface area contributed by atoms with Crippen molar-refractivity contribution in [3.63, 3.8) is 0 Å². The number of ether oxygens (including phenoxy) is 1. The fourth-order valence-electron chi connectivity index (χ4n) is 1.37. The quantitative estimate of drug-likeness (QED) is 0.805. The molecular weight excluding hydrogens is 277 g/mol. The molecule has 0 spiro atoms. The fraction of sp³-hybridized carbons (Fsp3) is 0.273. The van der Waals surface area contributed by atoms with Crippen molar-refractivity contribution in [3.8, 4) is 5.82 Å². The summed E-state index contributed by atoms with van der Waals surface area (Å²) in [6.07, 6.45) is -0.474. The van der Waals surface area contributed by atoms with E-state index in [0.29, 0.717) is 6.20 Å². The maximum absolute atomic E-state index is 12.5. The van der Waals surface area contributed by atoms with Gasteiger partial charge in [0.15, 0.2) is 11.5 Å². The van der Waals surface area contributed by atoms with Crippen LogP contribution < -0.4 is 0 Å². The van der Waals surface area contributed by atoms with Gasteiger partial charge in [-0.1, -0.05) is 0 Å². The molecule has 2 aromatic heterocycles. The monoisotopic (exact) mass is 286 g/mol. The largest absolute Gasteiger partial charge is 0.462 e. The molecular formula is C11H9F3N4O2. The molecule has 0 aliphatic carbocycles. The number of rotatable bonds is 3. The van der Waals surface area contributed by atoms with Gasteiger partial charge < -0.3 is 4.74 Å². The van der Waals surface area contributed by atoms with E-state index in [4.69, 9.17) is 4.74 Å². The molecule has 0 amide bonds. The van der Waals surface area contributed by atoms with Gasteiger partial charge in [0.25, 0.3) is 0 Å². The van der Waals surface area contributed by atoms with E-state index in [1.165, 1.54) is 12.4 Å². The molecule has 20 heavy (non-hydrogen) atoms. The van der Waals surface area contributed by atoms with Crippen LogP contribution in [-0.4, -0.2) is 32.3 Å². The van der Waals surface area contributed by atoms with Gasteiger partial charge in [0, 0.05) is 6.20 Å². The summed E-state index contributed by atoms with van der Waals surface area (Å²) < 4.78 is 43.3. The molecule has 0 atom stereocenters. The van der Waals surface area contributed by atoms with Crippen LogP contribution in [0.25, 0.3) is 5.82 Å². The number of aromatic nitrogens is 4. The Labute approximate surface area is 111 Å². The van der Waals surface area contributed by atoms with E-state index < -0.39 is 17.8 Å². The third-order valence-electron chi connectivity index (χ3n) is 2.24. The number of nitrogens with zero attached hydrogens (tertiary/aromatic N) is 4. The Morgan fingerprint density at radius 2 is 2.10 bits per heavy atom. The highest BCUT2D eigenvalue weighted by molar-refractivity contribution is 5.88. The zero-order chi connectivity index (χ0) is 14.8. The van der Waals surface area contributed by atoms with Crippen molar-refractivity contribution in [1.29, 1.82) is 0 Å². The van der Waals surface area contributed by atoms with E-state index in [1.807, 2.05) is 0 Å². The first-order valence-electron chi connectivity index (χ1n) is 5.53. The number of halogens is 3. The first kappa shape index (κ1) is 14.0. The lowest BCUT2D eigenvalue weighted by molar-refractivity contribution is -0.141. The maximum atomic E-state index is 12.5. The zero-order valence-corrected chi connectivity index (χ0v) is 10.3. The molecule has 2 heterocycles. The van der Waals surface area contributed by atoms with Crippen LogP contribution in [0.1, 0.15) is 23.0 Å². The predicted octanol–water partition coefficient (Wildman–Crippen LogP) is 1.86. The molecule has 106 valence electrons. The van der Waals surface area contributed by atoms with Crippen LogP contribution in [0.2, 0.25) is 0 Å². The first-order valence-corrected chi connectivity index (χ1v) is 5.53. The SMILES string of the molecule is CCOC(=O)c1cnn(-c2cncc(C(F)(F)F)n2)c1. The van der Waals surface area contributed by atoms with Crippen molar-refractivity contribution >= 4 is 5.97 Å². The summed E-state index contributed by atoms with van der Waals surface area (Å²) in [5.41, 5.74) is -1.02. The molecule has 2 rings (SSSR count). The molecule has 0 aliphatic rings. The molecule has 6 nitrogen and oxygen atoms in total. The van der Waals surface area contributed by atoms with Gasteiger partial charge in [0.05, 0.1) is 30.8 Å². The normalized spacial score (nSPS) is 11.4. The van der Waals surface area contributed by atoms with Gasteiger partial charge in [-0.2, -0.15) is 18.3 Å². The van der Waals surface area contributed by atoms with Crippen molar-refractivity contribution in [2.24, 2.45) is 0 Å². The van der Waals surface area contributed by atoms with Crippen LogP contribution in [0, 0.1) is 0 Å². The molecule has 0 radical (unpaired) electrons. The molecule has 0 bridgehead atoms. The minimum absolute atomic E-state index is 0.117. The smallest absolute Gasteiger partial charge is 0.434 e. The van der Waals surface area contributed by atoms with Crippen molar-refractivity contribution in [3.05, 3.63) is 36.0 Å². The average molecular weight is 286 g/mol. The summed E-state index contributed by atoms with van der Waals surface area (Å²) >= 11 is 0. The Morgan fingerprint density at radius 3 is 2.75 bits per heavy atom. The molecule has 0 saturated heterocycles. The van der Waals surface area contributed by atoms with E-state index in [9.17, 15) is 18.0 Å². The molecule has 0 saturated carbocycles. The van der Waals surface area contributed by atoms with Gasteiger partial charge in [-0.25, -0.2) is 14.5 Å². The molecule has 0 unspecified atom stereocenters. The topological polar surface area (TPSA) is 69.9 Å². The van der Waals surface area contributed by atoms with Crippen LogP contribution in [0.3, 0.4) is 0 Å². The molecule has 2 aromatic rings. The van der Waals surface area contributed by atoms with E-state index in [1.54, 1.807) is 6.92 Å². The second kappa shape index (κ2) is 5.27. The number of carbonyl (C=O) groups is 1. The number of hydrogen-bond donors (Lipinski definition) is 0. The molecule has 0 aromatic carbocycles. The highest BCUT2D eigenvalue weighted by Crippen LogP contribution is 2.27. The Hall–Kier alpha value is -2.45. The maximum Gasteiger partial charge on any atom is 0.434 e. The Balaban J connectivity index is 2.31. The highest BCUT2D eigenvalue weighted by Gasteiger charge is 2.33. The predicted molar refractivity (Wildman–Crippen MR) is 60.1 cm³/mol. The van der Waals surface area contributed by atoms with Gasteiger partial charge >= 0.3 is 12.1 Å². The van der Waals surface area contributed by atoms with E-state index >= 15 is 0 Å². The minimum atomic E-state index is -4.60. The van der Waals surface area contributed by atoms with Crippen molar-refractivity contribution in [1.82, 2.24) is 19.7 Å². The number of esters is 1. The van der Waals surface area contributed by atoms with Crippen molar-refractivity contribution in [2.75, 3.05) is 6.61 Å². The van der Waals surface area contributed by atoms with E-state index in [2.05, 4.69) is 15.1 Å². The van der Waals surface area contributed by atoms with E-state index in [-0.39, 0.29) is 18.0 Å². The standard InChI is InChI=1S/C11H9F3N4O2/c1-2-20-10(19)7-3-16-18(6-7)9-5-15-4-8(17-9)11(12,13)14/h3-6H,2H2,1H3. The van der Waals surface area contributed by atoms with Gasteiger partial charge in [-0.05, 0) is 6.92 Å². The average Bonchev–Trinajstić information content (AvgIpc) is 2.88. The second-order valence-electron chi connectivity index (χ2n) is 3.65. The molecule has 0 N–H and O–H groups in total. The van der Waals surface area contributed by atoms with Crippen LogP contribution in [0.5, 0.6) is 0 Å². The molecule has 0 aliphatic heterocycles. The highest BCUT2D eigenvalue weighted by atomic mass is 19.4. The second-order valence-corrected chi connectivity index (χ2v) is 3.65. The summed E-state index contributed by atoms with van der Waals surface area (Å²) in [4.78, 5) is 18.3. The van der Waals surface area contributed by atoms with E-state index in [0.717, 1.165) is 10.9 Å². The fourth-order valence-corrected chi connectivity index (χ4v) is 1.37. The molecule has 0 fully saturated rings. The van der Waals surface area contributed by atoms with Gasteiger partial charge in [0.1, 0.15) is 0 Å². The van der Waals surface area contributed by atoms with Gasteiger partial charge in [-0.15, -0.1) is 0 Å². The number of alkyl halides is 3. The summed E-state index contributed by atoms with van der Waals surface area (Å²) in [5.74, 6) is -0.756. The Morgan fingerprint density at radius 1 is 1.35 bits per heavy atom. The lowest BCUT2D eigenvalue weighted by Gasteiger charge is -2.06. The van der Waals surface area contributed by atoms with Crippen molar-refractivity contribution in [2.45, 2.75) is 13.1 Å². The van der Waals surface area contributed by atoms with Crippen LogP contribution >= 0.6 is 0 Å². The number of hydrogen-bond acceptors (Lipinski definition) is 5. The molecule has 9 heteroatoms. The van der Waals surface area contributed by atoms with Gasteiger partial charge in [-0.3, -0.25) is 4.98 Å². The number of carbonyl (C=O) groups excluding carboxylic acids is 1. The Kier molecular flexibility index (Phi) is 3.68. The summed E-state index contributed by atoms with van der Waals surface area (Å²) in [6, 6.07) is 0. The lowest BCUT2D eigenvalue weighted by Crippen LogP contribution is -2.11. The minimum Gasteiger partial charge on any atom is -0.462 e. The van der Waals surface area contributed by atoms with Crippen molar-refractivity contribution < 1.29 is 22.7 Å². The third-order valence-corrected chi connectivity index (χ3v) is 2.24. The zero-order valence-electron chi connectivity index (χ0n) is 10.3. The van der Waals surface area contributed by atoms with Gasteiger partial charge in [0.2, 0.25) is 0 Å². The first-order chi connectivity index (χ1) is 9.41. The summed E-state index contributed by atoms with van der Waals surface area (Å²) in [6.45, 7) is 1.83. The lowest BCUT2D eigenvalue weighted by atomic mass is 10.4. The summed E-state index contributed by atoms with van der Waals surface area (Å²) in [5, 5.41) is 3.76. The van der Waals surface area contributed by atoms with Crippen LogP contribution in [-0.2, 0) is 10.9 Å². The third kappa shape index (κ3) is 2.92.